The molecule has 25 heavy (non-hydrogen) atoms. The number of halogens is 1. The third-order valence-electron chi connectivity index (χ3n) is 3.51. The van der Waals surface area contributed by atoms with Crippen molar-refractivity contribution in [2.24, 2.45) is 10.2 Å². The summed E-state index contributed by atoms with van der Waals surface area (Å²) in [6, 6.07) is 19.5. The van der Waals surface area contributed by atoms with E-state index in [-0.39, 0.29) is 0 Å². The molecule has 2 aromatic carbocycles. The quantitative estimate of drug-likeness (QED) is 0.610. The van der Waals surface area contributed by atoms with Gasteiger partial charge in [-0.05, 0) is 24.1 Å². The van der Waals surface area contributed by atoms with Crippen LogP contribution in [0.3, 0.4) is 0 Å². The topological polar surface area (TPSA) is 62.5 Å². The number of benzene rings is 2. The standard InChI is InChI=1S/C19H18ClN5/c1-14-11-18(25-22-13-16-9-5-6-10-17(16)20)24-19(23-14)21-12-15-7-3-2-4-8-15/h2-11H,12-13H2,1H3,(H,21,23,24). The van der Waals surface area contributed by atoms with Gasteiger partial charge in [0, 0.05) is 23.3 Å². The lowest BCUT2D eigenvalue weighted by Gasteiger charge is -2.06. The molecule has 1 aromatic heterocycles. The normalized spacial score (nSPS) is 11.0. The Balaban J connectivity index is 1.66. The Morgan fingerprint density at radius 2 is 1.76 bits per heavy atom. The maximum Gasteiger partial charge on any atom is 0.225 e. The predicted octanol–water partition coefficient (Wildman–Crippen LogP) is 5.33. The van der Waals surface area contributed by atoms with Gasteiger partial charge in [-0.25, -0.2) is 4.98 Å². The minimum Gasteiger partial charge on any atom is -0.350 e. The summed E-state index contributed by atoms with van der Waals surface area (Å²) < 4.78 is 0. The van der Waals surface area contributed by atoms with Crippen LogP contribution in [0.5, 0.6) is 0 Å². The molecule has 5 nitrogen and oxygen atoms in total. The largest absolute Gasteiger partial charge is 0.350 e. The minimum atomic E-state index is 0.412. The first-order chi connectivity index (χ1) is 12.2. The summed E-state index contributed by atoms with van der Waals surface area (Å²) in [5.41, 5.74) is 2.92. The molecule has 126 valence electrons. The Morgan fingerprint density at radius 1 is 1.00 bits per heavy atom. The Hall–Kier alpha value is -2.79. The van der Waals surface area contributed by atoms with Gasteiger partial charge in [-0.1, -0.05) is 60.1 Å². The van der Waals surface area contributed by atoms with Gasteiger partial charge in [-0.15, -0.1) is 5.11 Å². The van der Waals surface area contributed by atoms with Crippen molar-refractivity contribution in [3.05, 3.63) is 82.5 Å². The summed E-state index contributed by atoms with van der Waals surface area (Å²) in [6.07, 6.45) is 0. The average Bonchev–Trinajstić information content (AvgIpc) is 2.62. The third-order valence-corrected chi connectivity index (χ3v) is 3.87. The molecule has 1 N–H and O–H groups in total. The van der Waals surface area contributed by atoms with Crippen molar-refractivity contribution < 1.29 is 0 Å². The van der Waals surface area contributed by atoms with E-state index in [2.05, 4.69) is 25.5 Å². The van der Waals surface area contributed by atoms with E-state index in [9.17, 15) is 0 Å². The first-order valence-electron chi connectivity index (χ1n) is 7.95. The molecule has 0 aliphatic heterocycles. The first kappa shape index (κ1) is 17.0. The number of azo groups is 1. The fourth-order valence-corrected chi connectivity index (χ4v) is 2.47. The molecule has 0 fully saturated rings. The van der Waals surface area contributed by atoms with Crippen LogP contribution >= 0.6 is 11.6 Å². The number of hydrogen-bond acceptors (Lipinski definition) is 5. The molecule has 0 amide bonds. The summed E-state index contributed by atoms with van der Waals surface area (Å²) in [5, 5.41) is 12.3. The molecule has 0 aliphatic carbocycles. The second-order valence-corrected chi connectivity index (χ2v) is 5.93. The van der Waals surface area contributed by atoms with E-state index in [0.717, 1.165) is 16.8 Å². The molecule has 3 aromatic rings. The van der Waals surface area contributed by atoms with Crippen LogP contribution in [0.2, 0.25) is 5.02 Å². The minimum absolute atomic E-state index is 0.412. The second kappa shape index (κ2) is 8.35. The molecule has 0 radical (unpaired) electrons. The lowest BCUT2D eigenvalue weighted by molar-refractivity contribution is 0.934. The summed E-state index contributed by atoms with van der Waals surface area (Å²) in [6.45, 7) is 2.97. The van der Waals surface area contributed by atoms with Crippen molar-refractivity contribution in [1.29, 1.82) is 0 Å². The lowest BCUT2D eigenvalue weighted by atomic mass is 10.2. The predicted molar refractivity (Wildman–Crippen MR) is 100 cm³/mol. The molecule has 0 saturated heterocycles. The van der Waals surface area contributed by atoms with E-state index in [0.29, 0.717) is 29.9 Å². The monoisotopic (exact) mass is 351 g/mol. The van der Waals surface area contributed by atoms with Crippen molar-refractivity contribution in [2.45, 2.75) is 20.0 Å². The van der Waals surface area contributed by atoms with Crippen LogP contribution in [0.25, 0.3) is 0 Å². The highest BCUT2D eigenvalue weighted by Gasteiger charge is 2.02. The molecular formula is C19H18ClN5. The van der Waals surface area contributed by atoms with E-state index in [4.69, 9.17) is 11.6 Å². The van der Waals surface area contributed by atoms with Crippen LogP contribution < -0.4 is 5.32 Å². The Morgan fingerprint density at radius 3 is 2.56 bits per heavy atom. The highest BCUT2D eigenvalue weighted by molar-refractivity contribution is 6.31. The van der Waals surface area contributed by atoms with E-state index < -0.39 is 0 Å². The number of hydrogen-bond donors (Lipinski definition) is 1. The van der Waals surface area contributed by atoms with Crippen LogP contribution in [0, 0.1) is 6.92 Å². The number of rotatable bonds is 6. The Labute approximate surface area is 151 Å². The van der Waals surface area contributed by atoms with E-state index >= 15 is 0 Å². The van der Waals surface area contributed by atoms with Crippen molar-refractivity contribution in [1.82, 2.24) is 9.97 Å². The summed E-state index contributed by atoms with van der Waals surface area (Å²) in [4.78, 5) is 8.77. The molecule has 0 saturated carbocycles. The van der Waals surface area contributed by atoms with Crippen molar-refractivity contribution >= 4 is 23.4 Å². The van der Waals surface area contributed by atoms with Gasteiger partial charge in [0.15, 0.2) is 5.82 Å². The molecular weight excluding hydrogens is 334 g/mol. The number of anilines is 1. The SMILES string of the molecule is Cc1cc(N=NCc2ccccc2Cl)nc(NCc2ccccc2)n1. The molecule has 0 spiro atoms. The maximum atomic E-state index is 6.12. The first-order valence-corrected chi connectivity index (χ1v) is 8.33. The molecule has 1 heterocycles. The van der Waals surface area contributed by atoms with Gasteiger partial charge >= 0.3 is 0 Å². The van der Waals surface area contributed by atoms with Gasteiger partial charge in [0.1, 0.15) is 0 Å². The fraction of sp³-hybridized carbons (Fsp3) is 0.158. The van der Waals surface area contributed by atoms with E-state index in [1.165, 1.54) is 0 Å². The summed E-state index contributed by atoms with van der Waals surface area (Å²) in [5.74, 6) is 1.06. The van der Waals surface area contributed by atoms with Crippen molar-refractivity contribution in [3.63, 3.8) is 0 Å². The van der Waals surface area contributed by atoms with E-state index in [1.807, 2.05) is 61.5 Å². The maximum absolute atomic E-state index is 6.12. The summed E-state index contributed by atoms with van der Waals surface area (Å²) in [7, 11) is 0. The van der Waals surface area contributed by atoms with Crippen molar-refractivity contribution in [2.75, 3.05) is 5.32 Å². The van der Waals surface area contributed by atoms with Gasteiger partial charge in [0.2, 0.25) is 5.95 Å². The molecule has 0 unspecified atom stereocenters. The zero-order valence-corrected chi connectivity index (χ0v) is 14.6. The molecule has 0 atom stereocenters. The smallest absolute Gasteiger partial charge is 0.225 e. The zero-order valence-electron chi connectivity index (χ0n) is 13.9. The number of aromatic nitrogens is 2. The molecule has 0 aliphatic rings. The van der Waals surface area contributed by atoms with Crippen LogP contribution in [-0.4, -0.2) is 9.97 Å². The lowest BCUT2D eigenvalue weighted by Crippen LogP contribution is -2.04. The highest BCUT2D eigenvalue weighted by Crippen LogP contribution is 2.18. The average molecular weight is 352 g/mol. The molecule has 6 heteroatoms. The Bertz CT molecular complexity index is 865. The van der Waals surface area contributed by atoms with Crippen molar-refractivity contribution in [3.8, 4) is 0 Å². The van der Waals surface area contributed by atoms with Gasteiger partial charge in [0.05, 0.1) is 6.54 Å². The molecule has 0 bridgehead atoms. The van der Waals surface area contributed by atoms with Gasteiger partial charge < -0.3 is 5.32 Å². The van der Waals surface area contributed by atoms with Crippen LogP contribution in [0.1, 0.15) is 16.8 Å². The number of aryl methyl sites for hydroxylation is 1. The Kier molecular flexibility index (Phi) is 5.69. The highest BCUT2D eigenvalue weighted by atomic mass is 35.5. The van der Waals surface area contributed by atoms with Gasteiger partial charge in [0.25, 0.3) is 0 Å². The van der Waals surface area contributed by atoms with Gasteiger partial charge in [-0.3, -0.25) is 0 Å². The van der Waals surface area contributed by atoms with Crippen LogP contribution in [0.15, 0.2) is 70.9 Å². The second-order valence-electron chi connectivity index (χ2n) is 5.52. The van der Waals surface area contributed by atoms with Gasteiger partial charge in [-0.2, -0.15) is 10.1 Å². The molecule has 3 rings (SSSR count). The van der Waals surface area contributed by atoms with Crippen LogP contribution in [-0.2, 0) is 13.1 Å². The summed E-state index contributed by atoms with van der Waals surface area (Å²) >= 11 is 6.12. The number of nitrogens with zero attached hydrogens (tertiary/aromatic N) is 4. The van der Waals surface area contributed by atoms with E-state index in [1.54, 1.807) is 6.07 Å². The van der Waals surface area contributed by atoms with Crippen LogP contribution in [0.4, 0.5) is 11.8 Å². The number of nitrogens with one attached hydrogen (secondary N) is 1. The fourth-order valence-electron chi connectivity index (χ4n) is 2.27. The third kappa shape index (κ3) is 5.09. The zero-order chi connectivity index (χ0) is 17.5.